The molecule has 0 saturated heterocycles. The summed E-state index contributed by atoms with van der Waals surface area (Å²) >= 11 is 1.54. The summed E-state index contributed by atoms with van der Waals surface area (Å²) in [6.07, 6.45) is 4.66. The summed E-state index contributed by atoms with van der Waals surface area (Å²) in [6, 6.07) is 9.76. The normalized spacial score (nSPS) is 13.5. The number of nitrogens with one attached hydrogen (secondary N) is 1. The second-order valence-corrected chi connectivity index (χ2v) is 8.55. The predicted molar refractivity (Wildman–Crippen MR) is 124 cm³/mol. The van der Waals surface area contributed by atoms with Gasteiger partial charge in [-0.25, -0.2) is 14.4 Å². The van der Waals surface area contributed by atoms with Gasteiger partial charge >= 0.3 is 0 Å². The Morgan fingerprint density at radius 2 is 2.03 bits per heavy atom. The van der Waals surface area contributed by atoms with Gasteiger partial charge in [-0.3, -0.25) is 4.79 Å². The van der Waals surface area contributed by atoms with E-state index in [0.29, 0.717) is 11.5 Å². The Morgan fingerprint density at radius 3 is 2.77 bits per heavy atom. The molecule has 5 nitrogen and oxygen atoms in total. The molecule has 2 heterocycles. The second kappa shape index (κ2) is 8.81. The lowest BCUT2D eigenvalue weighted by Crippen LogP contribution is -2.17. The zero-order valence-corrected chi connectivity index (χ0v) is 18.2. The van der Waals surface area contributed by atoms with Crippen LogP contribution in [0.15, 0.2) is 59.3 Å². The third kappa shape index (κ3) is 4.72. The lowest BCUT2D eigenvalue weighted by Gasteiger charge is -2.21. The van der Waals surface area contributed by atoms with Crippen molar-refractivity contribution in [1.82, 2.24) is 9.97 Å². The van der Waals surface area contributed by atoms with Gasteiger partial charge in [0.2, 0.25) is 5.91 Å². The molecule has 31 heavy (non-hydrogen) atoms. The summed E-state index contributed by atoms with van der Waals surface area (Å²) in [5, 5.41) is 4.89. The van der Waals surface area contributed by atoms with Gasteiger partial charge in [-0.1, -0.05) is 23.8 Å². The SMILES string of the molecule is C/C(F)=C\C=C(/C)CC(=O)Nc1nc2c(nc1-c1cccs1)-c1ccc(N)cc1CC2. The molecule has 0 spiro atoms. The van der Waals surface area contributed by atoms with Crippen molar-refractivity contribution in [2.24, 2.45) is 0 Å². The number of anilines is 2. The van der Waals surface area contributed by atoms with Gasteiger partial charge in [-0.2, -0.15) is 0 Å². The molecule has 0 aliphatic heterocycles. The van der Waals surface area contributed by atoms with E-state index in [1.54, 1.807) is 24.3 Å². The van der Waals surface area contributed by atoms with E-state index >= 15 is 0 Å². The maximum Gasteiger partial charge on any atom is 0.229 e. The number of halogens is 1. The number of fused-ring (bicyclic) bond motifs is 3. The van der Waals surface area contributed by atoms with Crippen molar-refractivity contribution < 1.29 is 9.18 Å². The fraction of sp³-hybridized carbons (Fsp3) is 0.208. The van der Waals surface area contributed by atoms with Gasteiger partial charge in [-0.05, 0) is 61.9 Å². The number of benzene rings is 1. The molecule has 0 unspecified atom stereocenters. The van der Waals surface area contributed by atoms with Crippen molar-refractivity contribution in [2.75, 3.05) is 11.1 Å². The first-order chi connectivity index (χ1) is 14.9. The van der Waals surface area contributed by atoms with E-state index in [-0.39, 0.29) is 18.2 Å². The van der Waals surface area contributed by atoms with Crippen LogP contribution in [0.1, 0.15) is 31.5 Å². The van der Waals surface area contributed by atoms with Crippen LogP contribution in [-0.4, -0.2) is 15.9 Å². The summed E-state index contributed by atoms with van der Waals surface area (Å²) < 4.78 is 12.9. The fourth-order valence-electron chi connectivity index (χ4n) is 3.58. The molecule has 1 aliphatic rings. The smallest absolute Gasteiger partial charge is 0.229 e. The molecule has 1 aromatic carbocycles. The lowest BCUT2D eigenvalue weighted by molar-refractivity contribution is -0.115. The quantitative estimate of drug-likeness (QED) is 0.399. The Hall–Kier alpha value is -3.32. The van der Waals surface area contributed by atoms with Crippen molar-refractivity contribution in [3.8, 4) is 21.8 Å². The van der Waals surface area contributed by atoms with Gasteiger partial charge in [0.05, 0.1) is 22.1 Å². The van der Waals surface area contributed by atoms with Gasteiger partial charge in [0, 0.05) is 17.7 Å². The van der Waals surface area contributed by atoms with E-state index < -0.39 is 0 Å². The number of carbonyl (C=O) groups excluding carboxylic acids is 1. The number of aromatic nitrogens is 2. The van der Waals surface area contributed by atoms with Crippen molar-refractivity contribution >= 4 is 28.7 Å². The standard InChI is InChI=1S/C24H23FN4OS/c1-14(5-6-15(2)25)12-21(30)28-24-23(20-4-3-11-31-20)29-22-18-9-8-17(26)13-16(18)7-10-19(22)27-24/h3-6,8-9,11,13H,7,10,12,26H2,1-2H3,(H,27,28,30)/b14-5+,15-6+. The van der Waals surface area contributed by atoms with E-state index in [1.165, 1.54) is 13.0 Å². The van der Waals surface area contributed by atoms with E-state index in [0.717, 1.165) is 51.5 Å². The van der Waals surface area contributed by atoms with Crippen LogP contribution >= 0.6 is 11.3 Å². The number of rotatable bonds is 5. The van der Waals surface area contributed by atoms with E-state index in [2.05, 4.69) is 5.32 Å². The van der Waals surface area contributed by atoms with Crippen molar-refractivity contribution in [1.29, 1.82) is 0 Å². The maximum absolute atomic E-state index is 12.9. The monoisotopic (exact) mass is 434 g/mol. The van der Waals surface area contributed by atoms with E-state index in [1.807, 2.05) is 35.7 Å². The molecule has 0 bridgehead atoms. The number of thiophene rings is 1. The Balaban J connectivity index is 1.70. The van der Waals surface area contributed by atoms with Gasteiger partial charge in [-0.15, -0.1) is 11.3 Å². The highest BCUT2D eigenvalue weighted by Crippen LogP contribution is 2.37. The summed E-state index contributed by atoms with van der Waals surface area (Å²) in [5.74, 6) is -0.0628. The summed E-state index contributed by atoms with van der Waals surface area (Å²) in [4.78, 5) is 23.3. The molecule has 2 aromatic heterocycles. The van der Waals surface area contributed by atoms with Crippen molar-refractivity contribution in [2.45, 2.75) is 33.1 Å². The average Bonchev–Trinajstić information content (AvgIpc) is 3.26. The number of aryl methyl sites for hydroxylation is 2. The van der Waals surface area contributed by atoms with Crippen molar-refractivity contribution in [3.63, 3.8) is 0 Å². The molecule has 0 atom stereocenters. The first-order valence-electron chi connectivity index (χ1n) is 10.0. The minimum Gasteiger partial charge on any atom is -0.399 e. The minimum absolute atomic E-state index is 0.147. The van der Waals surface area contributed by atoms with Crippen LogP contribution < -0.4 is 11.1 Å². The molecule has 1 aliphatic carbocycles. The van der Waals surface area contributed by atoms with Crippen LogP contribution in [0.2, 0.25) is 0 Å². The Kier molecular flexibility index (Phi) is 5.95. The van der Waals surface area contributed by atoms with Crippen LogP contribution in [0.5, 0.6) is 0 Å². The number of hydrogen-bond donors (Lipinski definition) is 2. The zero-order chi connectivity index (χ0) is 22.0. The highest BCUT2D eigenvalue weighted by molar-refractivity contribution is 7.13. The van der Waals surface area contributed by atoms with Crippen LogP contribution in [0.3, 0.4) is 0 Å². The summed E-state index contributed by atoms with van der Waals surface area (Å²) in [6.45, 7) is 3.16. The van der Waals surface area contributed by atoms with Gasteiger partial charge < -0.3 is 11.1 Å². The Labute approximate surface area is 184 Å². The molecule has 7 heteroatoms. The number of amides is 1. The lowest BCUT2D eigenvalue weighted by atomic mass is 9.91. The third-order valence-corrected chi connectivity index (χ3v) is 5.91. The molecule has 3 aromatic rings. The minimum atomic E-state index is -0.303. The van der Waals surface area contributed by atoms with Gasteiger partial charge in [0.1, 0.15) is 5.69 Å². The highest BCUT2D eigenvalue weighted by Gasteiger charge is 2.23. The number of nitrogens with two attached hydrogens (primary N) is 1. The summed E-state index contributed by atoms with van der Waals surface area (Å²) in [5.41, 5.74) is 12.0. The number of carbonyl (C=O) groups is 1. The van der Waals surface area contributed by atoms with Gasteiger partial charge in [0.15, 0.2) is 5.82 Å². The number of hydrogen-bond acceptors (Lipinski definition) is 5. The number of allylic oxidation sites excluding steroid dienone is 3. The first-order valence-corrected chi connectivity index (χ1v) is 10.9. The van der Waals surface area contributed by atoms with Crippen LogP contribution in [0.4, 0.5) is 15.9 Å². The zero-order valence-electron chi connectivity index (χ0n) is 17.4. The largest absolute Gasteiger partial charge is 0.399 e. The third-order valence-electron chi connectivity index (χ3n) is 5.03. The number of nitrogens with zero attached hydrogens (tertiary/aromatic N) is 2. The maximum atomic E-state index is 12.9. The molecule has 3 N–H and O–H groups in total. The molecular formula is C24H23FN4OS. The molecule has 4 rings (SSSR count). The van der Waals surface area contributed by atoms with Gasteiger partial charge in [0.25, 0.3) is 0 Å². The summed E-state index contributed by atoms with van der Waals surface area (Å²) in [7, 11) is 0. The average molecular weight is 435 g/mol. The molecule has 0 fully saturated rings. The van der Waals surface area contributed by atoms with E-state index in [9.17, 15) is 9.18 Å². The topological polar surface area (TPSA) is 80.9 Å². The fourth-order valence-corrected chi connectivity index (χ4v) is 4.30. The number of nitrogen functional groups attached to an aromatic ring is 1. The van der Waals surface area contributed by atoms with Crippen molar-refractivity contribution in [3.05, 3.63) is 70.5 Å². The second-order valence-electron chi connectivity index (χ2n) is 7.60. The Morgan fingerprint density at radius 1 is 1.19 bits per heavy atom. The molecule has 158 valence electrons. The van der Waals surface area contributed by atoms with Crippen LogP contribution in [0, 0.1) is 0 Å². The molecule has 1 amide bonds. The molecule has 0 saturated carbocycles. The van der Waals surface area contributed by atoms with Crippen LogP contribution in [-0.2, 0) is 17.6 Å². The first kappa shape index (κ1) is 20.9. The highest BCUT2D eigenvalue weighted by atomic mass is 32.1. The predicted octanol–water partition coefficient (Wildman–Crippen LogP) is 5.70. The molecular weight excluding hydrogens is 411 g/mol. The Bertz CT molecular complexity index is 1190. The van der Waals surface area contributed by atoms with E-state index in [4.69, 9.17) is 15.7 Å². The van der Waals surface area contributed by atoms with Crippen LogP contribution in [0.25, 0.3) is 21.8 Å². The molecule has 0 radical (unpaired) electrons.